The van der Waals surface area contributed by atoms with Crippen LogP contribution in [0.4, 0.5) is 0 Å². The molecule has 1 aromatic carbocycles. The minimum absolute atomic E-state index is 0.0507. The Hall–Kier alpha value is -2.48. The van der Waals surface area contributed by atoms with Crippen LogP contribution >= 0.6 is 0 Å². The molecule has 128 valence electrons. The van der Waals surface area contributed by atoms with E-state index in [1.165, 1.54) is 0 Å². The highest BCUT2D eigenvalue weighted by molar-refractivity contribution is 5.75. The summed E-state index contributed by atoms with van der Waals surface area (Å²) in [6.07, 6.45) is 6.08. The zero-order valence-corrected chi connectivity index (χ0v) is 14.2. The number of piperidine rings is 1. The van der Waals surface area contributed by atoms with Crippen molar-refractivity contribution in [1.82, 2.24) is 4.90 Å². The van der Waals surface area contributed by atoms with Gasteiger partial charge in [-0.05, 0) is 25.8 Å². The Balaban J connectivity index is 1.95. The van der Waals surface area contributed by atoms with Gasteiger partial charge in [0.1, 0.15) is 18.5 Å². The maximum absolute atomic E-state index is 12.4. The van der Waals surface area contributed by atoms with Gasteiger partial charge in [0.2, 0.25) is 5.91 Å². The average molecular weight is 329 g/mol. The lowest BCUT2D eigenvalue weighted by Crippen LogP contribution is -2.39. The van der Waals surface area contributed by atoms with E-state index in [1.54, 1.807) is 11.8 Å². The molecule has 0 aromatic heterocycles. The molecule has 0 spiro atoms. The van der Waals surface area contributed by atoms with Crippen LogP contribution in [0.2, 0.25) is 0 Å². The molecule has 1 fully saturated rings. The van der Waals surface area contributed by atoms with Crippen molar-refractivity contribution in [1.29, 1.82) is 0 Å². The SMILES string of the molecule is C#CCOc1ccccc1[C@@H](C)OC(=O)C1CCN(C(C)=O)CC1. The third-order valence-corrected chi connectivity index (χ3v) is 4.23. The highest BCUT2D eigenvalue weighted by Gasteiger charge is 2.28. The quantitative estimate of drug-likeness (QED) is 0.615. The molecular formula is C19H23NO4. The fourth-order valence-electron chi connectivity index (χ4n) is 2.83. The maximum Gasteiger partial charge on any atom is 0.309 e. The second kappa shape index (κ2) is 8.39. The van der Waals surface area contributed by atoms with Crippen molar-refractivity contribution in [3.05, 3.63) is 29.8 Å². The summed E-state index contributed by atoms with van der Waals surface area (Å²) < 4.78 is 11.1. The van der Waals surface area contributed by atoms with Gasteiger partial charge in [0.05, 0.1) is 5.92 Å². The lowest BCUT2D eigenvalue weighted by atomic mass is 9.97. The third kappa shape index (κ3) is 4.51. The van der Waals surface area contributed by atoms with Crippen LogP contribution in [0.1, 0.15) is 38.4 Å². The van der Waals surface area contributed by atoms with E-state index in [0.717, 1.165) is 5.56 Å². The van der Waals surface area contributed by atoms with Crippen molar-refractivity contribution in [2.75, 3.05) is 19.7 Å². The van der Waals surface area contributed by atoms with E-state index in [-0.39, 0.29) is 24.4 Å². The summed E-state index contributed by atoms with van der Waals surface area (Å²) in [4.78, 5) is 25.5. The second-order valence-electron chi connectivity index (χ2n) is 5.89. The molecule has 0 radical (unpaired) electrons. The second-order valence-corrected chi connectivity index (χ2v) is 5.89. The molecule has 5 nitrogen and oxygen atoms in total. The van der Waals surface area contributed by atoms with Gasteiger partial charge in [-0.3, -0.25) is 9.59 Å². The molecule has 1 amide bonds. The fourth-order valence-corrected chi connectivity index (χ4v) is 2.83. The van der Waals surface area contributed by atoms with Gasteiger partial charge in [-0.2, -0.15) is 0 Å². The van der Waals surface area contributed by atoms with Crippen molar-refractivity contribution in [3.63, 3.8) is 0 Å². The predicted molar refractivity (Wildman–Crippen MR) is 90.3 cm³/mol. The Bertz CT molecular complexity index is 626. The van der Waals surface area contributed by atoms with Crippen LogP contribution in [-0.4, -0.2) is 36.5 Å². The zero-order valence-electron chi connectivity index (χ0n) is 14.2. The number of nitrogens with zero attached hydrogens (tertiary/aromatic N) is 1. The molecule has 0 unspecified atom stereocenters. The van der Waals surface area contributed by atoms with Gasteiger partial charge in [0.25, 0.3) is 0 Å². The summed E-state index contributed by atoms with van der Waals surface area (Å²) in [6.45, 7) is 4.74. The number of likely N-dealkylation sites (tertiary alicyclic amines) is 1. The lowest BCUT2D eigenvalue weighted by Gasteiger charge is -2.30. The normalized spacial score (nSPS) is 16.1. The Labute approximate surface area is 142 Å². The number of ether oxygens (including phenoxy) is 2. The van der Waals surface area contributed by atoms with Crippen LogP contribution in [0.3, 0.4) is 0 Å². The van der Waals surface area contributed by atoms with E-state index in [9.17, 15) is 9.59 Å². The van der Waals surface area contributed by atoms with Gasteiger partial charge in [0, 0.05) is 25.6 Å². The monoisotopic (exact) mass is 329 g/mol. The van der Waals surface area contributed by atoms with E-state index in [4.69, 9.17) is 15.9 Å². The Morgan fingerprint density at radius 3 is 2.62 bits per heavy atom. The van der Waals surface area contributed by atoms with Gasteiger partial charge in [-0.1, -0.05) is 24.1 Å². The Morgan fingerprint density at radius 1 is 1.33 bits per heavy atom. The molecular weight excluding hydrogens is 306 g/mol. The van der Waals surface area contributed by atoms with Crippen LogP contribution in [0.25, 0.3) is 0 Å². The van der Waals surface area contributed by atoms with Crippen molar-refractivity contribution < 1.29 is 19.1 Å². The number of carbonyl (C=O) groups is 2. The van der Waals surface area contributed by atoms with Crippen molar-refractivity contribution >= 4 is 11.9 Å². The number of hydrogen-bond donors (Lipinski definition) is 0. The van der Waals surface area contributed by atoms with Crippen LogP contribution in [-0.2, 0) is 14.3 Å². The van der Waals surface area contributed by atoms with Gasteiger partial charge in [0.15, 0.2) is 0 Å². The number of carbonyl (C=O) groups excluding carboxylic acids is 2. The molecule has 1 aliphatic heterocycles. The number of esters is 1. The van der Waals surface area contributed by atoms with Crippen LogP contribution < -0.4 is 4.74 Å². The number of para-hydroxylation sites is 1. The first kappa shape index (κ1) is 17.9. The van der Waals surface area contributed by atoms with Gasteiger partial charge >= 0.3 is 5.97 Å². The molecule has 1 aliphatic rings. The van der Waals surface area contributed by atoms with Crippen molar-refractivity contribution in [2.45, 2.75) is 32.8 Å². The smallest absolute Gasteiger partial charge is 0.309 e. The number of amides is 1. The molecule has 1 aromatic rings. The first-order valence-electron chi connectivity index (χ1n) is 8.14. The topological polar surface area (TPSA) is 55.8 Å². The number of terminal acetylenes is 1. The highest BCUT2D eigenvalue weighted by atomic mass is 16.5. The summed E-state index contributed by atoms with van der Waals surface area (Å²) in [7, 11) is 0. The molecule has 1 saturated heterocycles. The van der Waals surface area contributed by atoms with Gasteiger partial charge in [-0.15, -0.1) is 6.42 Å². The number of hydrogen-bond acceptors (Lipinski definition) is 4. The first-order valence-corrected chi connectivity index (χ1v) is 8.14. The molecule has 0 bridgehead atoms. The van der Waals surface area contributed by atoms with Crippen LogP contribution in [0.15, 0.2) is 24.3 Å². The van der Waals surface area contributed by atoms with E-state index in [2.05, 4.69) is 5.92 Å². The largest absolute Gasteiger partial charge is 0.481 e. The Morgan fingerprint density at radius 2 is 2.00 bits per heavy atom. The summed E-state index contributed by atoms with van der Waals surface area (Å²) in [5.41, 5.74) is 0.794. The number of rotatable bonds is 5. The standard InChI is InChI=1S/C19H23NO4/c1-4-13-23-18-8-6-5-7-17(18)14(2)24-19(22)16-9-11-20(12-10-16)15(3)21/h1,5-8,14,16H,9-13H2,2-3H3/t14-/m1/s1. The first-order chi connectivity index (χ1) is 11.5. The van der Waals surface area contributed by atoms with Crippen LogP contribution in [0, 0.1) is 18.3 Å². The van der Waals surface area contributed by atoms with E-state index >= 15 is 0 Å². The van der Waals surface area contributed by atoms with E-state index in [0.29, 0.717) is 31.7 Å². The summed E-state index contributed by atoms with van der Waals surface area (Å²) in [5, 5.41) is 0. The van der Waals surface area contributed by atoms with Crippen molar-refractivity contribution in [2.24, 2.45) is 5.92 Å². The predicted octanol–water partition coefficient (Wildman–Crippen LogP) is 2.56. The van der Waals surface area contributed by atoms with Gasteiger partial charge < -0.3 is 14.4 Å². The Kier molecular flexibility index (Phi) is 6.25. The summed E-state index contributed by atoms with van der Waals surface area (Å²) in [6, 6.07) is 7.39. The molecule has 24 heavy (non-hydrogen) atoms. The molecule has 0 saturated carbocycles. The van der Waals surface area contributed by atoms with E-state index in [1.807, 2.05) is 31.2 Å². The molecule has 5 heteroatoms. The molecule has 0 N–H and O–H groups in total. The van der Waals surface area contributed by atoms with Gasteiger partial charge in [-0.25, -0.2) is 0 Å². The highest BCUT2D eigenvalue weighted by Crippen LogP contribution is 2.29. The number of benzene rings is 1. The zero-order chi connectivity index (χ0) is 17.5. The fraction of sp³-hybridized carbons (Fsp3) is 0.474. The molecule has 0 aliphatic carbocycles. The maximum atomic E-state index is 12.4. The van der Waals surface area contributed by atoms with Crippen LogP contribution in [0.5, 0.6) is 5.75 Å². The lowest BCUT2D eigenvalue weighted by molar-refractivity contribution is -0.156. The summed E-state index contributed by atoms with van der Waals surface area (Å²) in [5.74, 6) is 2.71. The molecule has 1 heterocycles. The third-order valence-electron chi connectivity index (χ3n) is 4.23. The minimum atomic E-state index is -0.419. The molecule has 2 rings (SSSR count). The van der Waals surface area contributed by atoms with Crippen molar-refractivity contribution in [3.8, 4) is 18.1 Å². The molecule has 1 atom stereocenters. The van der Waals surface area contributed by atoms with E-state index < -0.39 is 6.10 Å². The minimum Gasteiger partial charge on any atom is -0.481 e. The summed E-state index contributed by atoms with van der Waals surface area (Å²) >= 11 is 0. The average Bonchev–Trinajstić information content (AvgIpc) is 2.60.